The van der Waals surface area contributed by atoms with Crippen LogP contribution >= 0.6 is 11.6 Å². The SMILES string of the molecule is CC(CC(N)Cc1cc(Cl)ccc1F)CC(C)(C)C. The number of hydrogen-bond donors (Lipinski definition) is 1. The van der Waals surface area contributed by atoms with Crippen LogP contribution in [0.15, 0.2) is 18.2 Å². The molecule has 0 amide bonds. The number of benzene rings is 1. The number of hydrogen-bond acceptors (Lipinski definition) is 1. The molecule has 0 saturated heterocycles. The molecule has 0 spiro atoms. The number of nitrogens with two attached hydrogens (primary N) is 1. The van der Waals surface area contributed by atoms with Crippen LogP contribution in [0.25, 0.3) is 0 Å². The molecule has 1 aromatic carbocycles. The lowest BCUT2D eigenvalue weighted by atomic mass is 9.82. The maximum atomic E-state index is 13.6. The smallest absolute Gasteiger partial charge is 0.126 e. The van der Waals surface area contributed by atoms with E-state index in [0.717, 1.165) is 12.8 Å². The second-order valence-corrected chi connectivity index (χ2v) is 7.24. The molecule has 0 aromatic heterocycles. The maximum Gasteiger partial charge on any atom is 0.126 e. The van der Waals surface area contributed by atoms with Gasteiger partial charge in [-0.3, -0.25) is 0 Å². The Morgan fingerprint density at radius 2 is 1.95 bits per heavy atom. The Morgan fingerprint density at radius 3 is 2.53 bits per heavy atom. The molecule has 3 heteroatoms. The highest BCUT2D eigenvalue weighted by atomic mass is 35.5. The second-order valence-electron chi connectivity index (χ2n) is 6.81. The highest BCUT2D eigenvalue weighted by Crippen LogP contribution is 2.27. The van der Waals surface area contributed by atoms with Crippen LogP contribution in [0, 0.1) is 17.2 Å². The van der Waals surface area contributed by atoms with Gasteiger partial charge in [-0.25, -0.2) is 4.39 Å². The van der Waals surface area contributed by atoms with Crippen LogP contribution < -0.4 is 5.73 Å². The summed E-state index contributed by atoms with van der Waals surface area (Å²) < 4.78 is 13.6. The van der Waals surface area contributed by atoms with Gasteiger partial charge in [-0.1, -0.05) is 39.3 Å². The Balaban J connectivity index is 2.55. The van der Waals surface area contributed by atoms with Gasteiger partial charge in [0.15, 0.2) is 0 Å². The molecule has 2 N–H and O–H groups in total. The predicted octanol–water partition coefficient (Wildman–Crippen LogP) is 4.81. The average Bonchev–Trinajstić information content (AvgIpc) is 2.20. The fourth-order valence-electron chi connectivity index (χ4n) is 2.71. The fraction of sp³-hybridized carbons (Fsp3) is 0.625. The van der Waals surface area contributed by atoms with Crippen molar-refractivity contribution in [3.63, 3.8) is 0 Å². The van der Waals surface area contributed by atoms with Gasteiger partial charge >= 0.3 is 0 Å². The van der Waals surface area contributed by atoms with Gasteiger partial charge < -0.3 is 5.73 Å². The zero-order chi connectivity index (χ0) is 14.6. The third-order valence-corrected chi connectivity index (χ3v) is 3.39. The third kappa shape index (κ3) is 6.40. The van der Waals surface area contributed by atoms with Crippen molar-refractivity contribution in [2.45, 2.75) is 53.0 Å². The first-order valence-electron chi connectivity index (χ1n) is 6.87. The second kappa shape index (κ2) is 6.71. The summed E-state index contributed by atoms with van der Waals surface area (Å²) in [5.41, 5.74) is 7.05. The summed E-state index contributed by atoms with van der Waals surface area (Å²) in [4.78, 5) is 0. The van der Waals surface area contributed by atoms with E-state index in [9.17, 15) is 4.39 Å². The first-order chi connectivity index (χ1) is 8.67. The van der Waals surface area contributed by atoms with Crippen LogP contribution in [0.5, 0.6) is 0 Å². The van der Waals surface area contributed by atoms with Gasteiger partial charge in [-0.2, -0.15) is 0 Å². The third-order valence-electron chi connectivity index (χ3n) is 3.16. The van der Waals surface area contributed by atoms with Gasteiger partial charge in [0.25, 0.3) is 0 Å². The van der Waals surface area contributed by atoms with Crippen LogP contribution in [-0.4, -0.2) is 6.04 Å². The van der Waals surface area contributed by atoms with Crippen LogP contribution in [-0.2, 0) is 6.42 Å². The lowest BCUT2D eigenvalue weighted by molar-refractivity contribution is 0.285. The Kier molecular flexibility index (Phi) is 5.82. The molecule has 108 valence electrons. The highest BCUT2D eigenvalue weighted by Gasteiger charge is 2.18. The largest absolute Gasteiger partial charge is 0.327 e. The van der Waals surface area contributed by atoms with Gasteiger partial charge in [0, 0.05) is 11.1 Å². The standard InChI is InChI=1S/C16H25ClFN/c1-11(10-16(2,3)4)7-14(19)9-12-8-13(17)5-6-15(12)18/h5-6,8,11,14H,7,9-10,19H2,1-4H3. The van der Waals surface area contributed by atoms with E-state index >= 15 is 0 Å². The normalized spacial score (nSPS) is 15.3. The van der Waals surface area contributed by atoms with Crippen molar-refractivity contribution in [1.82, 2.24) is 0 Å². The summed E-state index contributed by atoms with van der Waals surface area (Å²) in [5, 5.41) is 0.561. The Labute approximate surface area is 121 Å². The van der Waals surface area contributed by atoms with Crippen molar-refractivity contribution in [3.05, 3.63) is 34.6 Å². The quantitative estimate of drug-likeness (QED) is 0.825. The highest BCUT2D eigenvalue weighted by molar-refractivity contribution is 6.30. The number of halogens is 2. The summed E-state index contributed by atoms with van der Waals surface area (Å²) in [5.74, 6) is 0.320. The van der Waals surface area contributed by atoms with E-state index in [1.807, 2.05) is 0 Å². The molecule has 0 saturated carbocycles. The van der Waals surface area contributed by atoms with E-state index in [1.54, 1.807) is 12.1 Å². The average molecular weight is 286 g/mol. The van der Waals surface area contributed by atoms with Crippen LogP contribution in [0.1, 0.15) is 46.1 Å². The molecule has 0 radical (unpaired) electrons. The molecule has 0 aliphatic heterocycles. The molecule has 1 nitrogen and oxygen atoms in total. The Morgan fingerprint density at radius 1 is 1.32 bits per heavy atom. The van der Waals surface area contributed by atoms with E-state index in [2.05, 4.69) is 27.7 Å². The molecule has 0 aliphatic carbocycles. The molecule has 0 heterocycles. The van der Waals surface area contributed by atoms with E-state index in [-0.39, 0.29) is 11.9 Å². The first-order valence-corrected chi connectivity index (χ1v) is 7.24. The molecule has 0 fully saturated rings. The molecule has 1 rings (SSSR count). The van der Waals surface area contributed by atoms with Crippen molar-refractivity contribution < 1.29 is 4.39 Å². The molecule has 1 aromatic rings. The number of rotatable bonds is 5. The maximum absolute atomic E-state index is 13.6. The van der Waals surface area contributed by atoms with Crippen LogP contribution in [0.2, 0.25) is 5.02 Å². The molecule has 0 aliphatic rings. The Hall–Kier alpha value is -0.600. The molecular formula is C16H25ClFN. The van der Waals surface area contributed by atoms with Crippen LogP contribution in [0.4, 0.5) is 4.39 Å². The van der Waals surface area contributed by atoms with Crippen molar-refractivity contribution >= 4 is 11.6 Å². The van der Waals surface area contributed by atoms with Gasteiger partial charge in [-0.15, -0.1) is 0 Å². The zero-order valence-electron chi connectivity index (χ0n) is 12.3. The van der Waals surface area contributed by atoms with Crippen molar-refractivity contribution in [3.8, 4) is 0 Å². The lowest BCUT2D eigenvalue weighted by Crippen LogP contribution is -2.27. The summed E-state index contributed by atoms with van der Waals surface area (Å²) >= 11 is 5.89. The summed E-state index contributed by atoms with van der Waals surface area (Å²) in [6.07, 6.45) is 2.57. The minimum absolute atomic E-state index is 0.0229. The predicted molar refractivity (Wildman–Crippen MR) is 80.9 cm³/mol. The lowest BCUT2D eigenvalue weighted by Gasteiger charge is -2.25. The molecule has 19 heavy (non-hydrogen) atoms. The minimum Gasteiger partial charge on any atom is -0.327 e. The van der Waals surface area contributed by atoms with Gasteiger partial charge in [0.2, 0.25) is 0 Å². The summed E-state index contributed by atoms with van der Waals surface area (Å²) in [6.45, 7) is 8.89. The molecular weight excluding hydrogens is 261 g/mol. The monoisotopic (exact) mass is 285 g/mol. The van der Waals surface area contributed by atoms with E-state index in [4.69, 9.17) is 17.3 Å². The minimum atomic E-state index is -0.219. The summed E-state index contributed by atoms with van der Waals surface area (Å²) in [6, 6.07) is 4.62. The molecule has 2 unspecified atom stereocenters. The van der Waals surface area contributed by atoms with Gasteiger partial charge in [0.1, 0.15) is 5.82 Å². The topological polar surface area (TPSA) is 26.0 Å². The summed E-state index contributed by atoms with van der Waals surface area (Å²) in [7, 11) is 0. The van der Waals surface area contributed by atoms with Crippen LogP contribution in [0.3, 0.4) is 0 Å². The fourth-order valence-corrected chi connectivity index (χ4v) is 2.91. The zero-order valence-corrected chi connectivity index (χ0v) is 13.1. The van der Waals surface area contributed by atoms with Crippen molar-refractivity contribution in [2.24, 2.45) is 17.1 Å². The molecule has 0 bridgehead atoms. The Bertz CT molecular complexity index is 412. The van der Waals surface area contributed by atoms with E-state index < -0.39 is 0 Å². The first kappa shape index (κ1) is 16.5. The van der Waals surface area contributed by atoms with Crippen molar-refractivity contribution in [1.29, 1.82) is 0 Å². The van der Waals surface area contributed by atoms with Gasteiger partial charge in [-0.05, 0) is 54.4 Å². The van der Waals surface area contributed by atoms with Gasteiger partial charge in [0.05, 0.1) is 0 Å². The van der Waals surface area contributed by atoms with E-state index in [0.29, 0.717) is 28.3 Å². The molecule has 2 atom stereocenters. The van der Waals surface area contributed by atoms with Crippen molar-refractivity contribution in [2.75, 3.05) is 0 Å². The van der Waals surface area contributed by atoms with E-state index in [1.165, 1.54) is 6.07 Å².